The Morgan fingerprint density at radius 2 is 2.31 bits per heavy atom. The van der Waals surface area contributed by atoms with E-state index in [1.807, 2.05) is 13.8 Å². The minimum absolute atomic E-state index is 0.121. The smallest absolute Gasteiger partial charge is 0.349 e. The third kappa shape index (κ3) is 3.25. The van der Waals surface area contributed by atoms with Gasteiger partial charge >= 0.3 is 5.97 Å². The van der Waals surface area contributed by atoms with Crippen LogP contribution in [0.15, 0.2) is 17.7 Å². The Balaban J connectivity index is 2.96. The molecule has 0 aromatic carbocycles. The second kappa shape index (κ2) is 5.37. The Bertz CT molecular complexity index is 409. The maximum absolute atomic E-state index is 11.0. The largest absolute Gasteiger partial charge is 0.486 e. The van der Waals surface area contributed by atoms with E-state index in [0.29, 0.717) is 10.8 Å². The molecule has 0 atom stereocenters. The number of carboxylic acids is 1. The zero-order chi connectivity index (χ0) is 12.3. The molecule has 0 bridgehead atoms. The quantitative estimate of drug-likeness (QED) is 0.878. The Morgan fingerprint density at radius 3 is 2.75 bits per heavy atom. The Kier molecular flexibility index (Phi) is 4.38. The van der Waals surface area contributed by atoms with Gasteiger partial charge in [-0.2, -0.15) is 0 Å². The number of hydrogen-bond donors (Lipinski definition) is 1. The van der Waals surface area contributed by atoms with Gasteiger partial charge in [0.25, 0.3) is 0 Å². The summed E-state index contributed by atoms with van der Waals surface area (Å²) in [7, 11) is 0. The zero-order valence-corrected chi connectivity index (χ0v) is 10.7. The van der Waals surface area contributed by atoms with E-state index in [-0.39, 0.29) is 17.4 Å². The van der Waals surface area contributed by atoms with Crippen LogP contribution in [-0.2, 0) is 0 Å². The number of aromatic carboxylic acids is 1. The summed E-state index contributed by atoms with van der Waals surface area (Å²) in [6.45, 7) is 7.61. The molecule has 1 aromatic rings. The highest BCUT2D eigenvalue weighted by molar-refractivity contribution is 7.14. The van der Waals surface area contributed by atoms with Gasteiger partial charge in [-0.05, 0) is 12.0 Å². The lowest BCUT2D eigenvalue weighted by Crippen LogP contribution is -2.00. The number of halogens is 1. The lowest BCUT2D eigenvalue weighted by Gasteiger charge is -2.02. The molecule has 0 amide bonds. The van der Waals surface area contributed by atoms with Gasteiger partial charge in [0.1, 0.15) is 12.4 Å². The van der Waals surface area contributed by atoms with E-state index in [2.05, 4.69) is 6.58 Å². The van der Waals surface area contributed by atoms with Crippen LogP contribution in [0.5, 0.6) is 5.75 Å². The molecule has 0 unspecified atom stereocenters. The minimum Gasteiger partial charge on any atom is -0.486 e. The maximum Gasteiger partial charge on any atom is 0.349 e. The molecular weight excluding hydrogens is 248 g/mol. The third-order valence-electron chi connectivity index (χ3n) is 1.86. The molecule has 0 spiro atoms. The molecule has 1 rings (SSSR count). The molecule has 5 heteroatoms. The van der Waals surface area contributed by atoms with Crippen LogP contribution < -0.4 is 4.74 Å². The summed E-state index contributed by atoms with van der Waals surface area (Å²) in [5.41, 5.74) is 0. The molecule has 0 radical (unpaired) electrons. The van der Waals surface area contributed by atoms with E-state index in [1.54, 1.807) is 6.07 Å². The fourth-order valence-electron chi connectivity index (χ4n) is 1.09. The molecule has 0 saturated heterocycles. The molecule has 1 heterocycles. The fraction of sp³-hybridized carbons (Fsp3) is 0.364. The van der Waals surface area contributed by atoms with Crippen LogP contribution in [0.4, 0.5) is 0 Å². The zero-order valence-electron chi connectivity index (χ0n) is 9.12. The van der Waals surface area contributed by atoms with E-state index in [9.17, 15) is 4.79 Å². The number of carbonyl (C=O) groups is 1. The highest BCUT2D eigenvalue weighted by Gasteiger charge is 2.18. The second-order valence-corrected chi connectivity index (χ2v) is 5.23. The van der Waals surface area contributed by atoms with Crippen molar-refractivity contribution in [2.24, 2.45) is 0 Å². The molecule has 1 aromatic heterocycles. The first kappa shape index (κ1) is 13.1. The van der Waals surface area contributed by atoms with Crippen LogP contribution in [0, 0.1) is 0 Å². The number of thiophene rings is 1. The third-order valence-corrected chi connectivity index (χ3v) is 3.38. The SMILES string of the molecule is C=C(Cl)COc1cc(C(C)C)sc1C(=O)O. The van der Waals surface area contributed by atoms with Crippen molar-refractivity contribution < 1.29 is 14.6 Å². The molecule has 1 N–H and O–H groups in total. The van der Waals surface area contributed by atoms with Crippen LogP contribution in [-0.4, -0.2) is 17.7 Å². The van der Waals surface area contributed by atoms with Crippen molar-refractivity contribution in [3.05, 3.63) is 27.4 Å². The van der Waals surface area contributed by atoms with Gasteiger partial charge < -0.3 is 9.84 Å². The van der Waals surface area contributed by atoms with Gasteiger partial charge in [0, 0.05) is 9.91 Å². The average molecular weight is 261 g/mol. The predicted octanol–water partition coefficient (Wildman–Crippen LogP) is 3.70. The Labute approximate surface area is 103 Å². The van der Waals surface area contributed by atoms with Crippen molar-refractivity contribution in [3.63, 3.8) is 0 Å². The summed E-state index contributed by atoms with van der Waals surface area (Å²) in [6.07, 6.45) is 0. The summed E-state index contributed by atoms with van der Waals surface area (Å²) in [4.78, 5) is 12.2. The van der Waals surface area contributed by atoms with Gasteiger partial charge in [0.15, 0.2) is 4.88 Å². The van der Waals surface area contributed by atoms with Crippen molar-refractivity contribution in [2.75, 3.05) is 6.61 Å². The van der Waals surface area contributed by atoms with Crippen LogP contribution in [0.3, 0.4) is 0 Å². The minimum atomic E-state index is -0.980. The number of carboxylic acid groups (broad SMARTS) is 1. The van der Waals surface area contributed by atoms with E-state index in [4.69, 9.17) is 21.4 Å². The lowest BCUT2D eigenvalue weighted by atomic mass is 10.2. The Morgan fingerprint density at radius 1 is 1.69 bits per heavy atom. The van der Waals surface area contributed by atoms with Crippen LogP contribution in [0.2, 0.25) is 0 Å². The molecule has 0 aliphatic carbocycles. The normalized spacial score (nSPS) is 10.5. The monoisotopic (exact) mass is 260 g/mol. The topological polar surface area (TPSA) is 46.5 Å². The second-order valence-electron chi connectivity index (χ2n) is 3.61. The lowest BCUT2D eigenvalue weighted by molar-refractivity contribution is 0.0698. The summed E-state index contributed by atoms with van der Waals surface area (Å²) in [6, 6.07) is 1.75. The number of ether oxygens (including phenoxy) is 1. The van der Waals surface area contributed by atoms with Crippen molar-refractivity contribution in [1.82, 2.24) is 0 Å². The molecule has 0 saturated carbocycles. The maximum atomic E-state index is 11.0. The fourth-order valence-corrected chi connectivity index (χ4v) is 2.09. The van der Waals surface area contributed by atoms with Crippen molar-refractivity contribution in [3.8, 4) is 5.75 Å². The summed E-state index contributed by atoms with van der Waals surface area (Å²) in [5.74, 6) is -0.338. The standard InChI is InChI=1S/C11H13ClO3S/c1-6(2)9-4-8(15-5-7(3)12)10(16-9)11(13)14/h4,6H,3,5H2,1-2H3,(H,13,14). The van der Waals surface area contributed by atoms with Crippen molar-refractivity contribution in [2.45, 2.75) is 19.8 Å². The molecule has 88 valence electrons. The predicted molar refractivity (Wildman–Crippen MR) is 65.9 cm³/mol. The van der Waals surface area contributed by atoms with Crippen LogP contribution in [0.25, 0.3) is 0 Å². The number of hydrogen-bond acceptors (Lipinski definition) is 3. The Hall–Kier alpha value is -1.00. The van der Waals surface area contributed by atoms with Crippen LogP contribution >= 0.6 is 22.9 Å². The summed E-state index contributed by atoms with van der Waals surface area (Å²) in [5, 5.41) is 9.34. The first-order valence-corrected chi connectivity index (χ1v) is 5.94. The molecule has 3 nitrogen and oxygen atoms in total. The molecule has 0 aliphatic rings. The molecular formula is C11H13ClO3S. The van der Waals surface area contributed by atoms with Gasteiger partial charge in [-0.25, -0.2) is 4.79 Å². The molecule has 0 fully saturated rings. The average Bonchev–Trinajstić information content (AvgIpc) is 2.58. The van der Waals surface area contributed by atoms with Crippen molar-refractivity contribution in [1.29, 1.82) is 0 Å². The van der Waals surface area contributed by atoms with E-state index in [1.165, 1.54) is 11.3 Å². The van der Waals surface area contributed by atoms with Gasteiger partial charge in [-0.15, -0.1) is 11.3 Å². The van der Waals surface area contributed by atoms with E-state index < -0.39 is 5.97 Å². The highest BCUT2D eigenvalue weighted by atomic mass is 35.5. The van der Waals surface area contributed by atoms with Gasteiger partial charge in [-0.3, -0.25) is 0 Å². The first-order chi connectivity index (χ1) is 7.41. The van der Waals surface area contributed by atoms with E-state index >= 15 is 0 Å². The molecule has 16 heavy (non-hydrogen) atoms. The number of rotatable bonds is 5. The van der Waals surface area contributed by atoms with Gasteiger partial charge in [-0.1, -0.05) is 32.0 Å². The van der Waals surface area contributed by atoms with Crippen molar-refractivity contribution >= 4 is 28.9 Å². The summed E-state index contributed by atoms with van der Waals surface area (Å²) >= 11 is 6.80. The van der Waals surface area contributed by atoms with E-state index in [0.717, 1.165) is 4.88 Å². The first-order valence-electron chi connectivity index (χ1n) is 4.75. The summed E-state index contributed by atoms with van der Waals surface area (Å²) < 4.78 is 5.29. The van der Waals surface area contributed by atoms with Gasteiger partial charge in [0.2, 0.25) is 0 Å². The highest BCUT2D eigenvalue weighted by Crippen LogP contribution is 2.34. The molecule has 0 aliphatic heterocycles. The van der Waals surface area contributed by atoms with Crippen LogP contribution in [0.1, 0.15) is 34.3 Å². The van der Waals surface area contributed by atoms with Gasteiger partial charge in [0.05, 0.1) is 0 Å².